The van der Waals surface area contributed by atoms with E-state index in [0.29, 0.717) is 29.3 Å². The molecule has 0 aromatic heterocycles. The van der Waals surface area contributed by atoms with Gasteiger partial charge < -0.3 is 14.8 Å². The van der Waals surface area contributed by atoms with Crippen LogP contribution in [0.1, 0.15) is 18.9 Å². The van der Waals surface area contributed by atoms with Crippen molar-refractivity contribution in [3.63, 3.8) is 0 Å². The van der Waals surface area contributed by atoms with Crippen molar-refractivity contribution in [3.8, 4) is 11.5 Å². The fourth-order valence-corrected chi connectivity index (χ4v) is 4.10. The Hall–Kier alpha value is -2.74. The van der Waals surface area contributed by atoms with E-state index in [1.165, 1.54) is 14.2 Å². The van der Waals surface area contributed by atoms with Crippen LogP contribution >= 0.6 is 0 Å². The van der Waals surface area contributed by atoms with Crippen molar-refractivity contribution in [2.75, 3.05) is 30.1 Å². The van der Waals surface area contributed by atoms with Crippen LogP contribution in [0.15, 0.2) is 42.5 Å². The van der Waals surface area contributed by atoms with E-state index < -0.39 is 22.0 Å². The third kappa shape index (κ3) is 4.95. The molecule has 0 aliphatic heterocycles. The molecular weight excluding hydrogens is 380 g/mol. The Labute approximate surface area is 166 Å². The monoisotopic (exact) mass is 406 g/mol. The first-order valence-corrected chi connectivity index (χ1v) is 10.6. The summed E-state index contributed by atoms with van der Waals surface area (Å²) in [5, 5.41) is 2.77. The van der Waals surface area contributed by atoms with Gasteiger partial charge in [-0.15, -0.1) is 0 Å². The number of carbonyl (C=O) groups excluding carboxylic acids is 1. The highest BCUT2D eigenvalue weighted by molar-refractivity contribution is 7.92. The van der Waals surface area contributed by atoms with E-state index >= 15 is 0 Å². The summed E-state index contributed by atoms with van der Waals surface area (Å²) >= 11 is 0. The number of rotatable bonds is 8. The quantitative estimate of drug-likeness (QED) is 0.728. The largest absolute Gasteiger partial charge is 0.493 e. The Morgan fingerprint density at radius 3 is 2.18 bits per heavy atom. The minimum absolute atomic E-state index is 0.306. The average Bonchev–Trinajstić information content (AvgIpc) is 2.65. The van der Waals surface area contributed by atoms with Crippen LogP contribution < -0.4 is 19.1 Å². The molecule has 152 valence electrons. The van der Waals surface area contributed by atoms with Gasteiger partial charge in [-0.3, -0.25) is 9.10 Å². The predicted molar refractivity (Wildman–Crippen MR) is 111 cm³/mol. The summed E-state index contributed by atoms with van der Waals surface area (Å²) in [6.07, 6.45) is 1.40. The van der Waals surface area contributed by atoms with Gasteiger partial charge in [-0.25, -0.2) is 8.42 Å². The standard InChI is InChI=1S/C20H26N2O5S/c1-6-17(22(28(5,24)25)16-10-7-14(2)8-11-16)20(23)21-15-9-12-18(26-3)19(13-15)27-4/h7-13,17H,6H2,1-5H3,(H,21,23). The minimum atomic E-state index is -3.68. The van der Waals surface area contributed by atoms with E-state index in [9.17, 15) is 13.2 Å². The van der Waals surface area contributed by atoms with Gasteiger partial charge >= 0.3 is 0 Å². The van der Waals surface area contributed by atoms with Gasteiger partial charge in [-0.1, -0.05) is 24.6 Å². The smallest absolute Gasteiger partial charge is 0.248 e. The normalized spacial score (nSPS) is 12.2. The number of hydrogen-bond donors (Lipinski definition) is 1. The summed E-state index contributed by atoms with van der Waals surface area (Å²) in [7, 11) is -0.651. The number of ether oxygens (including phenoxy) is 2. The highest BCUT2D eigenvalue weighted by Gasteiger charge is 2.31. The molecule has 1 unspecified atom stereocenters. The molecule has 0 aliphatic carbocycles. The lowest BCUT2D eigenvalue weighted by atomic mass is 10.1. The van der Waals surface area contributed by atoms with E-state index in [0.717, 1.165) is 16.1 Å². The first-order chi connectivity index (χ1) is 13.2. The number of carbonyl (C=O) groups is 1. The average molecular weight is 407 g/mol. The fraction of sp³-hybridized carbons (Fsp3) is 0.350. The van der Waals surface area contributed by atoms with Gasteiger partial charge in [0, 0.05) is 11.8 Å². The summed E-state index contributed by atoms with van der Waals surface area (Å²) in [4.78, 5) is 12.9. The molecule has 2 aromatic rings. The number of anilines is 2. The molecule has 2 rings (SSSR count). The fourth-order valence-electron chi connectivity index (χ4n) is 2.89. The van der Waals surface area contributed by atoms with E-state index in [1.54, 1.807) is 37.3 Å². The molecule has 1 atom stereocenters. The van der Waals surface area contributed by atoms with Gasteiger partial charge in [0.05, 0.1) is 26.2 Å². The van der Waals surface area contributed by atoms with Crippen LogP contribution in [0.25, 0.3) is 0 Å². The third-order valence-electron chi connectivity index (χ3n) is 4.27. The summed E-state index contributed by atoms with van der Waals surface area (Å²) < 4.78 is 36.5. The Morgan fingerprint density at radius 2 is 1.68 bits per heavy atom. The van der Waals surface area contributed by atoms with Crippen LogP contribution in [0.3, 0.4) is 0 Å². The van der Waals surface area contributed by atoms with Crippen molar-refractivity contribution in [1.82, 2.24) is 0 Å². The molecule has 1 amide bonds. The maximum absolute atomic E-state index is 12.9. The van der Waals surface area contributed by atoms with Crippen molar-refractivity contribution in [1.29, 1.82) is 0 Å². The number of nitrogens with one attached hydrogen (secondary N) is 1. The van der Waals surface area contributed by atoms with Gasteiger partial charge in [0.1, 0.15) is 6.04 Å². The highest BCUT2D eigenvalue weighted by Crippen LogP contribution is 2.30. The molecule has 0 aliphatic rings. The Kier molecular flexibility index (Phi) is 6.90. The molecule has 0 fully saturated rings. The molecule has 8 heteroatoms. The van der Waals surface area contributed by atoms with Gasteiger partial charge in [-0.05, 0) is 37.6 Å². The molecule has 0 saturated carbocycles. The number of nitrogens with zero attached hydrogens (tertiary/aromatic N) is 1. The second-order valence-electron chi connectivity index (χ2n) is 6.38. The molecule has 2 aromatic carbocycles. The molecule has 0 saturated heterocycles. The van der Waals surface area contributed by atoms with Crippen molar-refractivity contribution in [3.05, 3.63) is 48.0 Å². The van der Waals surface area contributed by atoms with Gasteiger partial charge in [-0.2, -0.15) is 0 Å². The molecular formula is C20H26N2O5S. The van der Waals surface area contributed by atoms with Gasteiger partial charge in [0.25, 0.3) is 0 Å². The molecule has 0 spiro atoms. The summed E-state index contributed by atoms with van der Waals surface area (Å²) in [5.41, 5.74) is 1.93. The first-order valence-electron chi connectivity index (χ1n) is 8.80. The Morgan fingerprint density at radius 1 is 1.07 bits per heavy atom. The topological polar surface area (TPSA) is 84.9 Å². The lowest BCUT2D eigenvalue weighted by Gasteiger charge is -2.30. The number of hydrogen-bond acceptors (Lipinski definition) is 5. The van der Waals surface area contributed by atoms with Crippen LogP contribution in [0, 0.1) is 6.92 Å². The predicted octanol–water partition coefficient (Wildman–Crippen LogP) is 3.20. The summed E-state index contributed by atoms with van der Waals surface area (Å²) in [6.45, 7) is 3.68. The Balaban J connectivity index is 2.35. The molecule has 0 bridgehead atoms. The van der Waals surface area contributed by atoms with E-state index in [2.05, 4.69) is 5.32 Å². The number of aryl methyl sites for hydroxylation is 1. The van der Waals surface area contributed by atoms with Gasteiger partial charge in [0.2, 0.25) is 15.9 Å². The van der Waals surface area contributed by atoms with Crippen LogP contribution in [0.4, 0.5) is 11.4 Å². The van der Waals surface area contributed by atoms with Gasteiger partial charge in [0.15, 0.2) is 11.5 Å². The van der Waals surface area contributed by atoms with Crippen molar-refractivity contribution in [2.45, 2.75) is 26.3 Å². The lowest BCUT2D eigenvalue weighted by Crippen LogP contribution is -2.47. The van der Waals surface area contributed by atoms with Crippen LogP contribution in [-0.2, 0) is 14.8 Å². The molecule has 7 nitrogen and oxygen atoms in total. The summed E-state index contributed by atoms with van der Waals surface area (Å²) in [5.74, 6) is 0.567. The number of amides is 1. The van der Waals surface area contributed by atoms with E-state index in [4.69, 9.17) is 9.47 Å². The van der Waals surface area contributed by atoms with Crippen LogP contribution in [-0.4, -0.2) is 40.8 Å². The van der Waals surface area contributed by atoms with Crippen LogP contribution in [0.2, 0.25) is 0 Å². The van der Waals surface area contributed by atoms with Crippen molar-refractivity contribution >= 4 is 27.3 Å². The number of sulfonamides is 1. The highest BCUT2D eigenvalue weighted by atomic mass is 32.2. The zero-order valence-electron chi connectivity index (χ0n) is 16.7. The van der Waals surface area contributed by atoms with Crippen molar-refractivity contribution < 1.29 is 22.7 Å². The molecule has 0 radical (unpaired) electrons. The SMILES string of the molecule is CCC(C(=O)Nc1ccc(OC)c(OC)c1)N(c1ccc(C)cc1)S(C)(=O)=O. The third-order valence-corrected chi connectivity index (χ3v) is 5.45. The lowest BCUT2D eigenvalue weighted by molar-refractivity contribution is -0.117. The number of methoxy groups -OCH3 is 2. The maximum atomic E-state index is 12.9. The number of benzene rings is 2. The molecule has 0 heterocycles. The maximum Gasteiger partial charge on any atom is 0.248 e. The van der Waals surface area contributed by atoms with E-state index in [-0.39, 0.29) is 0 Å². The minimum Gasteiger partial charge on any atom is -0.493 e. The second-order valence-corrected chi connectivity index (χ2v) is 8.24. The van der Waals surface area contributed by atoms with E-state index in [1.807, 2.05) is 19.1 Å². The van der Waals surface area contributed by atoms with Crippen LogP contribution in [0.5, 0.6) is 11.5 Å². The second kappa shape index (κ2) is 8.97. The zero-order valence-corrected chi connectivity index (χ0v) is 17.5. The summed E-state index contributed by atoms with van der Waals surface area (Å²) in [6, 6.07) is 11.1. The molecule has 1 N–H and O–H groups in total. The van der Waals surface area contributed by atoms with Crippen molar-refractivity contribution in [2.24, 2.45) is 0 Å². The molecule has 28 heavy (non-hydrogen) atoms. The first kappa shape index (κ1) is 21.6. The Bertz CT molecular complexity index is 926. The zero-order chi connectivity index (χ0) is 20.9.